The van der Waals surface area contributed by atoms with Crippen LogP contribution in [0.4, 0.5) is 5.69 Å². The van der Waals surface area contributed by atoms with Gasteiger partial charge in [-0.3, -0.25) is 0 Å². The summed E-state index contributed by atoms with van der Waals surface area (Å²) in [5.41, 5.74) is 11.4. The molecule has 230 valence electrons. The summed E-state index contributed by atoms with van der Waals surface area (Å²) in [4.78, 5) is 3.73. The predicted octanol–water partition coefficient (Wildman–Crippen LogP) is 11.5. The normalized spacial score (nSPS) is 11.1. The Hall–Kier alpha value is -7.39. The molecule has 0 radical (unpaired) electrons. The first-order valence-electron chi connectivity index (χ1n) is 16.3. The standard InChI is InChI=1S/C45H25N5/c1-48-32-20-21-38-39-24-29(27-46)18-22-44(39)50(45(38)26-32)41-15-7-4-12-35(41)34-11-3-2-10-33(34)30-19-23-40(31(25-30)28-47)49-42-16-8-5-13-36(42)37-14-6-9-17-43(37)49/h2-26H. The highest BCUT2D eigenvalue weighted by atomic mass is 15.0. The van der Waals surface area contributed by atoms with E-state index in [9.17, 15) is 10.5 Å². The zero-order chi connectivity index (χ0) is 33.8. The molecular weight excluding hydrogens is 611 g/mol. The molecule has 0 aliphatic carbocycles. The lowest BCUT2D eigenvalue weighted by atomic mass is 9.92. The zero-order valence-corrected chi connectivity index (χ0v) is 26.7. The SMILES string of the molecule is [C-]#[N+]c1ccc2c3cc(C#N)ccc3n(-c3ccccc3-c3ccccc3-c3ccc(-n4c5ccccc5c5ccccc54)c(C#N)c3)c2c1. The fourth-order valence-electron chi connectivity index (χ4n) is 7.44. The number of benzene rings is 7. The highest BCUT2D eigenvalue weighted by Crippen LogP contribution is 2.41. The first kappa shape index (κ1) is 28.8. The van der Waals surface area contributed by atoms with Gasteiger partial charge in [0.25, 0.3) is 0 Å². The Balaban J connectivity index is 1.25. The zero-order valence-electron chi connectivity index (χ0n) is 26.7. The highest BCUT2D eigenvalue weighted by Gasteiger charge is 2.20. The quantitative estimate of drug-likeness (QED) is 0.181. The second kappa shape index (κ2) is 11.4. The summed E-state index contributed by atoms with van der Waals surface area (Å²) in [6.07, 6.45) is 0. The van der Waals surface area contributed by atoms with Crippen LogP contribution in [0.25, 0.3) is 82.1 Å². The maximum atomic E-state index is 10.6. The lowest BCUT2D eigenvalue weighted by Crippen LogP contribution is -1.99. The topological polar surface area (TPSA) is 61.8 Å². The van der Waals surface area contributed by atoms with E-state index in [-0.39, 0.29) is 0 Å². The number of aromatic nitrogens is 2. The molecule has 9 aromatic rings. The predicted molar refractivity (Wildman–Crippen MR) is 202 cm³/mol. The average molecular weight is 636 g/mol. The number of nitriles is 2. The second-order valence-electron chi connectivity index (χ2n) is 12.3. The molecule has 9 rings (SSSR count). The van der Waals surface area contributed by atoms with Crippen LogP contribution in [0, 0.1) is 29.2 Å². The summed E-state index contributed by atoms with van der Waals surface area (Å²) in [6, 6.07) is 55.6. The third-order valence-corrected chi connectivity index (χ3v) is 9.62. The first-order valence-corrected chi connectivity index (χ1v) is 16.3. The van der Waals surface area contributed by atoms with Gasteiger partial charge in [-0.15, -0.1) is 0 Å². The van der Waals surface area contributed by atoms with Crippen LogP contribution in [-0.4, -0.2) is 9.13 Å². The molecular formula is C45H25N5. The molecule has 5 nitrogen and oxygen atoms in total. The minimum Gasteiger partial charge on any atom is -0.310 e. The Morgan fingerprint density at radius 3 is 1.80 bits per heavy atom. The number of hydrogen-bond acceptors (Lipinski definition) is 2. The van der Waals surface area contributed by atoms with Crippen molar-refractivity contribution in [1.29, 1.82) is 10.5 Å². The molecule has 0 spiro atoms. The molecule has 2 heterocycles. The second-order valence-corrected chi connectivity index (χ2v) is 12.3. The highest BCUT2D eigenvalue weighted by molar-refractivity contribution is 6.11. The molecule has 0 fully saturated rings. The van der Waals surface area contributed by atoms with Crippen molar-refractivity contribution in [3.63, 3.8) is 0 Å². The summed E-state index contributed by atoms with van der Waals surface area (Å²) in [6.45, 7) is 7.71. The smallest absolute Gasteiger partial charge is 0.189 e. The summed E-state index contributed by atoms with van der Waals surface area (Å²) < 4.78 is 4.38. The molecule has 0 aliphatic heterocycles. The lowest BCUT2D eigenvalue weighted by molar-refractivity contribution is 1.17. The third-order valence-electron chi connectivity index (χ3n) is 9.62. The molecule has 0 saturated carbocycles. The average Bonchev–Trinajstić information content (AvgIpc) is 3.69. The number of para-hydroxylation sites is 3. The van der Waals surface area contributed by atoms with Gasteiger partial charge in [-0.1, -0.05) is 97.1 Å². The van der Waals surface area contributed by atoms with Crippen LogP contribution in [0.2, 0.25) is 0 Å². The van der Waals surface area contributed by atoms with Crippen molar-refractivity contribution in [2.45, 2.75) is 0 Å². The van der Waals surface area contributed by atoms with Crippen LogP contribution in [0.1, 0.15) is 11.1 Å². The van der Waals surface area contributed by atoms with Gasteiger partial charge in [0.15, 0.2) is 5.69 Å². The van der Waals surface area contributed by atoms with Gasteiger partial charge in [-0.05, 0) is 71.3 Å². The molecule has 0 unspecified atom stereocenters. The Labute approximate surface area is 288 Å². The maximum Gasteiger partial charge on any atom is 0.189 e. The van der Waals surface area contributed by atoms with Crippen LogP contribution in [-0.2, 0) is 0 Å². The molecule has 7 aromatic carbocycles. The lowest BCUT2D eigenvalue weighted by Gasteiger charge is -2.18. The van der Waals surface area contributed by atoms with Gasteiger partial charge < -0.3 is 9.13 Å². The van der Waals surface area contributed by atoms with Gasteiger partial charge in [-0.2, -0.15) is 10.5 Å². The van der Waals surface area contributed by atoms with E-state index in [4.69, 9.17) is 6.57 Å². The Bertz CT molecular complexity index is 2920. The van der Waals surface area contributed by atoms with Crippen LogP contribution in [0.15, 0.2) is 152 Å². The summed E-state index contributed by atoms with van der Waals surface area (Å²) in [5.74, 6) is 0. The van der Waals surface area contributed by atoms with Crippen molar-refractivity contribution < 1.29 is 0 Å². The minimum absolute atomic E-state index is 0.548. The fourth-order valence-corrected chi connectivity index (χ4v) is 7.44. The molecule has 0 atom stereocenters. The van der Waals surface area contributed by atoms with Crippen molar-refractivity contribution in [2.75, 3.05) is 0 Å². The Kier molecular flexibility index (Phi) is 6.56. The first-order chi connectivity index (χ1) is 24.7. The van der Waals surface area contributed by atoms with E-state index in [0.29, 0.717) is 16.8 Å². The summed E-state index contributed by atoms with van der Waals surface area (Å²) in [7, 11) is 0. The summed E-state index contributed by atoms with van der Waals surface area (Å²) in [5, 5.41) is 24.5. The molecule has 0 bridgehead atoms. The largest absolute Gasteiger partial charge is 0.310 e. The fraction of sp³-hybridized carbons (Fsp3) is 0. The molecule has 2 aromatic heterocycles. The van der Waals surface area contributed by atoms with Crippen LogP contribution in [0.5, 0.6) is 0 Å². The monoisotopic (exact) mass is 635 g/mol. The van der Waals surface area contributed by atoms with Crippen LogP contribution < -0.4 is 0 Å². The van der Waals surface area contributed by atoms with Gasteiger partial charge in [0.1, 0.15) is 6.07 Å². The molecule has 5 heteroatoms. The van der Waals surface area contributed by atoms with E-state index in [0.717, 1.165) is 77.2 Å². The Morgan fingerprint density at radius 1 is 0.460 bits per heavy atom. The third kappa shape index (κ3) is 4.31. The summed E-state index contributed by atoms with van der Waals surface area (Å²) >= 11 is 0. The van der Waals surface area contributed by atoms with Gasteiger partial charge >= 0.3 is 0 Å². The maximum absolute atomic E-state index is 10.6. The number of fused-ring (bicyclic) bond motifs is 6. The van der Waals surface area contributed by atoms with Crippen molar-refractivity contribution in [2.24, 2.45) is 0 Å². The van der Waals surface area contributed by atoms with Gasteiger partial charge in [0.2, 0.25) is 0 Å². The van der Waals surface area contributed by atoms with Crippen molar-refractivity contribution in [1.82, 2.24) is 9.13 Å². The number of nitrogens with zero attached hydrogens (tertiary/aromatic N) is 5. The van der Waals surface area contributed by atoms with Gasteiger partial charge in [-0.25, -0.2) is 4.85 Å². The van der Waals surface area contributed by atoms with E-state index >= 15 is 0 Å². The van der Waals surface area contributed by atoms with Gasteiger partial charge in [0, 0.05) is 32.6 Å². The molecule has 0 amide bonds. The van der Waals surface area contributed by atoms with Crippen molar-refractivity contribution in [3.8, 4) is 45.8 Å². The van der Waals surface area contributed by atoms with E-state index in [1.165, 1.54) is 0 Å². The molecule has 0 N–H and O–H groups in total. The van der Waals surface area contributed by atoms with Crippen LogP contribution >= 0.6 is 0 Å². The molecule has 0 saturated heterocycles. The van der Waals surface area contributed by atoms with E-state index in [1.54, 1.807) is 0 Å². The number of rotatable bonds is 4. The molecule has 0 aliphatic rings. The van der Waals surface area contributed by atoms with Crippen molar-refractivity contribution >= 4 is 49.3 Å². The van der Waals surface area contributed by atoms with Crippen molar-refractivity contribution in [3.05, 3.63) is 174 Å². The Morgan fingerprint density at radius 2 is 1.08 bits per heavy atom. The van der Waals surface area contributed by atoms with E-state index < -0.39 is 0 Å². The molecule has 50 heavy (non-hydrogen) atoms. The van der Waals surface area contributed by atoms with Crippen LogP contribution in [0.3, 0.4) is 0 Å². The van der Waals surface area contributed by atoms with E-state index in [1.807, 2.05) is 78.9 Å². The minimum atomic E-state index is 0.548. The van der Waals surface area contributed by atoms with E-state index in [2.05, 4.69) is 98.9 Å². The number of hydrogen-bond donors (Lipinski definition) is 0. The van der Waals surface area contributed by atoms with Gasteiger partial charge in [0.05, 0.1) is 51.7 Å².